The molecule has 31 heavy (non-hydrogen) atoms. The molecule has 1 aromatic heterocycles. The van der Waals surface area contributed by atoms with Crippen LogP contribution in [-0.2, 0) is 7.05 Å². The van der Waals surface area contributed by atoms with Gasteiger partial charge in [0.1, 0.15) is 11.7 Å². The Hall–Kier alpha value is -3.08. The van der Waals surface area contributed by atoms with Gasteiger partial charge in [0.2, 0.25) is 5.52 Å². The summed E-state index contributed by atoms with van der Waals surface area (Å²) in [5.41, 5.74) is 2.61. The fourth-order valence-corrected chi connectivity index (χ4v) is 6.57. The number of hydrogen-bond acceptors (Lipinski definition) is 3. The molecule has 0 saturated heterocycles. The molecule has 2 nitrogen and oxygen atoms in total. The summed E-state index contributed by atoms with van der Waals surface area (Å²) in [5.74, 6) is 0. The van der Waals surface area contributed by atoms with Crippen LogP contribution in [0.2, 0.25) is 0 Å². The summed E-state index contributed by atoms with van der Waals surface area (Å²) in [6.07, 6.45) is 6.63. The number of anilines is 1. The average molecular weight is 438 g/mol. The first-order valence-electron chi connectivity index (χ1n) is 10.3. The van der Waals surface area contributed by atoms with Gasteiger partial charge < -0.3 is 4.90 Å². The monoisotopic (exact) mass is 437 g/mol. The first-order chi connectivity index (χ1) is 15.2. The first-order valence-corrected chi connectivity index (χ1v) is 12.0. The molecule has 4 heteroatoms. The highest BCUT2D eigenvalue weighted by atomic mass is 32.2. The fraction of sp³-hybridized carbons (Fsp3) is 0.0741. The second-order valence-corrected chi connectivity index (χ2v) is 9.92. The summed E-state index contributed by atoms with van der Waals surface area (Å²) < 4.78 is 3.63. The molecule has 4 aromatic carbocycles. The average Bonchev–Trinajstić information content (AvgIpc) is 3.31. The minimum Gasteiger partial charge on any atom is -0.338 e. The van der Waals surface area contributed by atoms with E-state index in [1.54, 1.807) is 0 Å². The maximum absolute atomic E-state index is 2.31. The number of nitrogens with zero attached hydrogens (tertiary/aromatic N) is 2. The number of aryl methyl sites for hydroxylation is 1. The van der Waals surface area contributed by atoms with Gasteiger partial charge in [0, 0.05) is 23.4 Å². The third-order valence-electron chi connectivity index (χ3n) is 5.97. The smallest absolute Gasteiger partial charge is 0.262 e. The Morgan fingerprint density at radius 1 is 0.839 bits per heavy atom. The highest BCUT2D eigenvalue weighted by molar-refractivity contribution is 8.03. The van der Waals surface area contributed by atoms with Crippen LogP contribution in [0, 0.1) is 0 Å². The van der Waals surface area contributed by atoms with Crippen LogP contribution in [0.4, 0.5) is 5.69 Å². The molecular formula is C27H21N2S2+. The van der Waals surface area contributed by atoms with E-state index in [2.05, 4.69) is 115 Å². The molecular weight excluding hydrogens is 416 g/mol. The fourth-order valence-electron chi connectivity index (χ4n) is 4.41. The van der Waals surface area contributed by atoms with Gasteiger partial charge in [-0.3, -0.25) is 0 Å². The van der Waals surface area contributed by atoms with Gasteiger partial charge in [-0.1, -0.05) is 83.8 Å². The van der Waals surface area contributed by atoms with Crippen molar-refractivity contribution in [3.8, 4) is 0 Å². The summed E-state index contributed by atoms with van der Waals surface area (Å²) in [5, 5.41) is 7.69. The lowest BCUT2D eigenvalue weighted by atomic mass is 10.1. The van der Waals surface area contributed by atoms with Crippen molar-refractivity contribution in [2.75, 3.05) is 11.9 Å². The van der Waals surface area contributed by atoms with E-state index in [0.717, 1.165) is 0 Å². The molecule has 0 spiro atoms. The van der Waals surface area contributed by atoms with E-state index < -0.39 is 0 Å². The molecule has 0 radical (unpaired) electrons. The SMILES string of the molecule is CN1/C(=C/C=C/c2sc3ccc4ccccc4c3[n+]2C)Sc2ccc3ccccc3c21. The molecule has 0 amide bonds. The molecule has 0 aliphatic carbocycles. The van der Waals surface area contributed by atoms with Crippen LogP contribution < -0.4 is 9.47 Å². The largest absolute Gasteiger partial charge is 0.338 e. The molecule has 0 bridgehead atoms. The molecule has 6 rings (SSSR count). The Balaban J connectivity index is 1.36. The summed E-state index contributed by atoms with van der Waals surface area (Å²) in [6, 6.07) is 26.1. The Morgan fingerprint density at radius 3 is 2.39 bits per heavy atom. The number of aromatic nitrogens is 1. The first kappa shape index (κ1) is 18.7. The summed E-state index contributed by atoms with van der Waals surface area (Å²) in [4.78, 5) is 3.63. The van der Waals surface area contributed by atoms with E-state index in [4.69, 9.17) is 0 Å². The predicted molar refractivity (Wildman–Crippen MR) is 136 cm³/mol. The number of benzene rings is 4. The Morgan fingerprint density at radius 2 is 1.55 bits per heavy atom. The molecule has 5 aromatic rings. The number of hydrogen-bond donors (Lipinski definition) is 0. The summed E-state index contributed by atoms with van der Waals surface area (Å²) in [6.45, 7) is 0. The molecule has 150 valence electrons. The van der Waals surface area contributed by atoms with Crippen molar-refractivity contribution >= 4 is 66.6 Å². The van der Waals surface area contributed by atoms with E-state index in [9.17, 15) is 0 Å². The predicted octanol–water partition coefficient (Wildman–Crippen LogP) is 7.13. The number of allylic oxidation sites excluding steroid dienone is 2. The minimum atomic E-state index is 1.25. The summed E-state index contributed by atoms with van der Waals surface area (Å²) >= 11 is 3.68. The van der Waals surface area contributed by atoms with Crippen molar-refractivity contribution in [1.82, 2.24) is 0 Å². The number of thiazole rings is 1. The van der Waals surface area contributed by atoms with Gasteiger partial charge in [-0.25, -0.2) is 0 Å². The molecule has 0 saturated carbocycles. The zero-order chi connectivity index (χ0) is 20.9. The highest BCUT2D eigenvalue weighted by Crippen LogP contribution is 2.48. The minimum absolute atomic E-state index is 1.25. The lowest BCUT2D eigenvalue weighted by Gasteiger charge is -2.15. The van der Waals surface area contributed by atoms with Gasteiger partial charge in [0.25, 0.3) is 5.01 Å². The zero-order valence-electron chi connectivity index (χ0n) is 17.4. The quantitative estimate of drug-likeness (QED) is 0.271. The molecule has 1 aliphatic rings. The van der Waals surface area contributed by atoms with Crippen LogP contribution in [0.25, 0.3) is 37.8 Å². The van der Waals surface area contributed by atoms with Crippen LogP contribution in [0.3, 0.4) is 0 Å². The van der Waals surface area contributed by atoms with E-state index in [-0.39, 0.29) is 0 Å². The normalized spacial score (nSPS) is 15.2. The molecule has 0 atom stereocenters. The third-order valence-corrected chi connectivity index (χ3v) is 8.30. The zero-order valence-corrected chi connectivity index (χ0v) is 19.0. The van der Waals surface area contributed by atoms with E-state index >= 15 is 0 Å². The van der Waals surface area contributed by atoms with Crippen LogP contribution in [0.15, 0.2) is 94.9 Å². The standard InChI is InChI=1S/C27H21N2S2/c1-28-24(30-22-16-14-18-8-3-5-10-20(18)26(22)28)12-7-13-25-29(2)27-21-11-6-4-9-19(21)15-17-23(27)31-25/h3-17H,1-2H3/q+1. The van der Waals surface area contributed by atoms with Crippen molar-refractivity contribution in [2.45, 2.75) is 4.90 Å². The molecule has 0 fully saturated rings. The Bertz CT molecular complexity index is 1540. The van der Waals surface area contributed by atoms with Crippen LogP contribution in [0.5, 0.6) is 0 Å². The third kappa shape index (κ3) is 2.98. The van der Waals surface area contributed by atoms with Crippen molar-refractivity contribution in [2.24, 2.45) is 7.05 Å². The van der Waals surface area contributed by atoms with Gasteiger partial charge in [-0.2, -0.15) is 4.57 Å². The molecule has 0 unspecified atom stereocenters. The van der Waals surface area contributed by atoms with Gasteiger partial charge in [-0.05, 0) is 35.0 Å². The van der Waals surface area contributed by atoms with Crippen molar-refractivity contribution in [1.29, 1.82) is 0 Å². The molecule has 0 N–H and O–H groups in total. The lowest BCUT2D eigenvalue weighted by molar-refractivity contribution is -0.641. The van der Waals surface area contributed by atoms with Gasteiger partial charge in [-0.15, -0.1) is 0 Å². The molecule has 2 heterocycles. The van der Waals surface area contributed by atoms with E-state index in [0.29, 0.717) is 0 Å². The van der Waals surface area contributed by atoms with Gasteiger partial charge in [0.05, 0.1) is 16.1 Å². The van der Waals surface area contributed by atoms with E-state index in [1.165, 1.54) is 52.4 Å². The lowest BCUT2D eigenvalue weighted by Crippen LogP contribution is -2.29. The highest BCUT2D eigenvalue weighted by Gasteiger charge is 2.23. The second-order valence-electron chi connectivity index (χ2n) is 7.79. The topological polar surface area (TPSA) is 7.12 Å². The van der Waals surface area contributed by atoms with Crippen molar-refractivity contribution in [3.05, 3.63) is 95.0 Å². The van der Waals surface area contributed by atoms with Crippen LogP contribution in [-0.4, -0.2) is 7.05 Å². The van der Waals surface area contributed by atoms with Gasteiger partial charge in [0.15, 0.2) is 0 Å². The van der Waals surface area contributed by atoms with Crippen LogP contribution >= 0.6 is 23.1 Å². The van der Waals surface area contributed by atoms with E-state index in [1.807, 2.05) is 23.1 Å². The van der Waals surface area contributed by atoms with Gasteiger partial charge >= 0.3 is 0 Å². The number of fused-ring (bicyclic) bond motifs is 6. The van der Waals surface area contributed by atoms with Crippen molar-refractivity contribution < 1.29 is 4.57 Å². The summed E-state index contributed by atoms with van der Waals surface area (Å²) in [7, 11) is 4.33. The Labute approximate surface area is 189 Å². The maximum atomic E-state index is 2.31. The Kier molecular flexibility index (Phi) is 4.37. The molecule has 1 aliphatic heterocycles. The van der Waals surface area contributed by atoms with Crippen LogP contribution in [0.1, 0.15) is 5.01 Å². The van der Waals surface area contributed by atoms with Crippen molar-refractivity contribution in [3.63, 3.8) is 0 Å². The number of thioether (sulfide) groups is 1. The number of rotatable bonds is 2. The second kappa shape index (κ2) is 7.26. The maximum Gasteiger partial charge on any atom is 0.262 e.